The van der Waals surface area contributed by atoms with Crippen LogP contribution < -0.4 is 5.32 Å². The molecule has 0 atom stereocenters. The molecule has 0 bridgehead atoms. The van der Waals surface area contributed by atoms with Crippen molar-refractivity contribution in [2.45, 2.75) is 38.8 Å². The third-order valence-corrected chi connectivity index (χ3v) is 5.41. The van der Waals surface area contributed by atoms with Gasteiger partial charge in [-0.15, -0.1) is 24.0 Å². The fraction of sp³-hybridized carbons (Fsp3) is 0.632. The molecular formula is C19H30FIN4. The zero-order valence-corrected chi connectivity index (χ0v) is 17.8. The van der Waals surface area contributed by atoms with Crippen LogP contribution in [0, 0.1) is 11.2 Å². The summed E-state index contributed by atoms with van der Waals surface area (Å²) in [7, 11) is 5.75. The number of likely N-dealkylation sites (tertiary alicyclic amines) is 1. The fourth-order valence-corrected chi connectivity index (χ4v) is 3.91. The minimum Gasteiger partial charge on any atom is -0.352 e. The van der Waals surface area contributed by atoms with Gasteiger partial charge in [-0.05, 0) is 56.5 Å². The second-order valence-electron chi connectivity index (χ2n) is 7.59. The Kier molecular flexibility index (Phi) is 7.08. The molecule has 1 N–H and O–H groups in total. The maximum absolute atomic E-state index is 13.9. The Morgan fingerprint density at radius 3 is 2.64 bits per heavy atom. The van der Waals surface area contributed by atoms with E-state index in [-0.39, 0.29) is 29.8 Å². The van der Waals surface area contributed by atoms with Crippen LogP contribution in [-0.2, 0) is 13.1 Å². The molecule has 1 saturated heterocycles. The number of rotatable bonds is 4. The lowest BCUT2D eigenvalue weighted by Gasteiger charge is -2.38. The fourth-order valence-electron chi connectivity index (χ4n) is 3.91. The van der Waals surface area contributed by atoms with Crippen LogP contribution in [0.1, 0.15) is 36.8 Å². The average Bonchev–Trinajstić information content (AvgIpc) is 2.96. The summed E-state index contributed by atoms with van der Waals surface area (Å²) in [6.07, 6.45) is 5.40. The molecular weight excluding hydrogens is 430 g/mol. The zero-order valence-electron chi connectivity index (χ0n) is 15.5. The number of aliphatic imine (C=N–C) groups is 1. The number of nitrogens with zero attached hydrogens (tertiary/aromatic N) is 3. The molecule has 1 spiro atoms. The number of guanidine groups is 1. The largest absolute Gasteiger partial charge is 0.352 e. The highest BCUT2D eigenvalue weighted by atomic mass is 127. The van der Waals surface area contributed by atoms with Crippen molar-refractivity contribution in [3.8, 4) is 0 Å². The lowest BCUT2D eigenvalue weighted by Crippen LogP contribution is -2.42. The Morgan fingerprint density at radius 1 is 1.32 bits per heavy atom. The summed E-state index contributed by atoms with van der Waals surface area (Å²) in [5.74, 6) is 0.834. The minimum absolute atomic E-state index is 0. The van der Waals surface area contributed by atoms with Crippen LogP contribution in [0.4, 0.5) is 4.39 Å². The van der Waals surface area contributed by atoms with Gasteiger partial charge in [0.1, 0.15) is 5.82 Å². The Balaban J connectivity index is 0.00000225. The molecule has 0 aromatic heterocycles. The summed E-state index contributed by atoms with van der Waals surface area (Å²) in [6.45, 7) is 3.51. The Bertz CT molecular complexity index is 613. The molecule has 1 aromatic rings. The third-order valence-electron chi connectivity index (χ3n) is 5.41. The number of benzene rings is 1. The highest BCUT2D eigenvalue weighted by Gasteiger charge is 2.43. The third kappa shape index (κ3) is 4.84. The molecule has 4 nitrogen and oxygen atoms in total. The first kappa shape index (κ1) is 20.4. The molecule has 1 heterocycles. The highest BCUT2D eigenvalue weighted by Crippen LogP contribution is 2.47. The van der Waals surface area contributed by atoms with Crippen LogP contribution in [0.2, 0.25) is 0 Å². The summed E-state index contributed by atoms with van der Waals surface area (Å²) >= 11 is 0. The Hall–Kier alpha value is -0.890. The van der Waals surface area contributed by atoms with Crippen molar-refractivity contribution in [3.05, 3.63) is 35.1 Å². The predicted octanol–water partition coefficient (Wildman–Crippen LogP) is 3.46. The molecule has 1 aliphatic carbocycles. The molecule has 0 amide bonds. The van der Waals surface area contributed by atoms with Gasteiger partial charge < -0.3 is 15.1 Å². The molecule has 3 rings (SSSR count). The van der Waals surface area contributed by atoms with E-state index in [0.717, 1.165) is 30.2 Å². The van der Waals surface area contributed by atoms with Gasteiger partial charge in [-0.3, -0.25) is 4.99 Å². The predicted molar refractivity (Wildman–Crippen MR) is 112 cm³/mol. The number of halogens is 2. The first-order valence-electron chi connectivity index (χ1n) is 8.89. The lowest BCUT2D eigenvalue weighted by molar-refractivity contribution is 0.151. The maximum atomic E-state index is 13.9. The topological polar surface area (TPSA) is 30.9 Å². The first-order chi connectivity index (χ1) is 11.5. The second kappa shape index (κ2) is 8.66. The van der Waals surface area contributed by atoms with Gasteiger partial charge in [0.05, 0.1) is 0 Å². The van der Waals surface area contributed by atoms with Crippen molar-refractivity contribution >= 4 is 29.9 Å². The molecule has 0 radical (unpaired) electrons. The van der Waals surface area contributed by atoms with Gasteiger partial charge in [0.15, 0.2) is 5.96 Å². The highest BCUT2D eigenvalue weighted by molar-refractivity contribution is 14.0. The number of hydrogen-bond donors (Lipinski definition) is 1. The van der Waals surface area contributed by atoms with Crippen molar-refractivity contribution < 1.29 is 4.39 Å². The molecule has 1 aromatic carbocycles. The van der Waals surface area contributed by atoms with Crippen LogP contribution in [0.5, 0.6) is 0 Å². The SMILES string of the molecule is CN=C(NCc1ccc(F)c(CN(C)C)c1)N1CCC2(CCC2)C1.I. The van der Waals surface area contributed by atoms with E-state index in [1.54, 1.807) is 6.07 Å². The summed E-state index contributed by atoms with van der Waals surface area (Å²) < 4.78 is 13.9. The van der Waals surface area contributed by atoms with Crippen molar-refractivity contribution in [2.75, 3.05) is 34.2 Å². The van der Waals surface area contributed by atoms with Crippen LogP contribution in [0.25, 0.3) is 0 Å². The molecule has 0 unspecified atom stereocenters. The van der Waals surface area contributed by atoms with E-state index in [1.165, 1.54) is 25.7 Å². The molecule has 2 aliphatic rings. The van der Waals surface area contributed by atoms with Crippen molar-refractivity contribution in [3.63, 3.8) is 0 Å². The van der Waals surface area contributed by atoms with Crippen molar-refractivity contribution in [2.24, 2.45) is 10.4 Å². The molecule has 1 saturated carbocycles. The van der Waals surface area contributed by atoms with Crippen molar-refractivity contribution in [1.29, 1.82) is 0 Å². The summed E-state index contributed by atoms with van der Waals surface area (Å²) in [4.78, 5) is 8.81. The van der Waals surface area contributed by atoms with E-state index in [2.05, 4.69) is 15.2 Å². The normalized spacial score (nSPS) is 19.1. The minimum atomic E-state index is -0.136. The van der Waals surface area contributed by atoms with E-state index in [9.17, 15) is 4.39 Å². The quantitative estimate of drug-likeness (QED) is 0.424. The summed E-state index contributed by atoms with van der Waals surface area (Å²) in [6, 6.07) is 5.37. The Morgan fingerprint density at radius 2 is 2.08 bits per heavy atom. The van der Waals surface area contributed by atoms with Gasteiger partial charge in [-0.2, -0.15) is 0 Å². The van der Waals surface area contributed by atoms with Gasteiger partial charge >= 0.3 is 0 Å². The number of nitrogens with one attached hydrogen (secondary N) is 1. The lowest BCUT2D eigenvalue weighted by atomic mass is 9.68. The number of hydrogen-bond acceptors (Lipinski definition) is 2. The van der Waals surface area contributed by atoms with Gasteiger partial charge in [-0.1, -0.05) is 12.5 Å². The molecule has 1 aliphatic heterocycles. The van der Waals surface area contributed by atoms with E-state index >= 15 is 0 Å². The molecule has 6 heteroatoms. The van der Waals surface area contributed by atoms with Gasteiger partial charge in [0.2, 0.25) is 0 Å². The summed E-state index contributed by atoms with van der Waals surface area (Å²) in [5, 5.41) is 3.45. The van der Waals surface area contributed by atoms with Crippen LogP contribution in [-0.4, -0.2) is 50.0 Å². The second-order valence-corrected chi connectivity index (χ2v) is 7.59. The molecule has 2 fully saturated rings. The summed E-state index contributed by atoms with van der Waals surface area (Å²) in [5.41, 5.74) is 2.39. The van der Waals surface area contributed by atoms with Crippen LogP contribution in [0.3, 0.4) is 0 Å². The maximum Gasteiger partial charge on any atom is 0.193 e. The van der Waals surface area contributed by atoms with Gasteiger partial charge in [0, 0.05) is 38.8 Å². The van der Waals surface area contributed by atoms with E-state index in [1.807, 2.05) is 38.2 Å². The van der Waals surface area contributed by atoms with E-state index in [0.29, 0.717) is 18.5 Å². The zero-order chi connectivity index (χ0) is 17.2. The average molecular weight is 460 g/mol. The smallest absolute Gasteiger partial charge is 0.193 e. The van der Waals surface area contributed by atoms with Crippen LogP contribution in [0.15, 0.2) is 23.2 Å². The standard InChI is InChI=1S/C19H29FN4.HI/c1-21-18(24-10-9-19(14-24)7-4-8-19)22-12-15-5-6-17(20)16(11-15)13-23(2)3;/h5-6,11H,4,7-10,12-14H2,1-3H3,(H,21,22);1H. The van der Waals surface area contributed by atoms with Crippen LogP contribution >= 0.6 is 24.0 Å². The Labute approximate surface area is 167 Å². The van der Waals surface area contributed by atoms with E-state index < -0.39 is 0 Å². The van der Waals surface area contributed by atoms with Gasteiger partial charge in [0.25, 0.3) is 0 Å². The molecule has 140 valence electrons. The monoisotopic (exact) mass is 460 g/mol. The van der Waals surface area contributed by atoms with E-state index in [4.69, 9.17) is 0 Å². The first-order valence-corrected chi connectivity index (χ1v) is 8.89. The van der Waals surface area contributed by atoms with Crippen molar-refractivity contribution in [1.82, 2.24) is 15.1 Å². The van der Waals surface area contributed by atoms with Gasteiger partial charge in [-0.25, -0.2) is 4.39 Å². The molecule has 25 heavy (non-hydrogen) atoms.